The van der Waals surface area contributed by atoms with Crippen LogP contribution in [0.4, 0.5) is 24.5 Å². The van der Waals surface area contributed by atoms with E-state index in [0.29, 0.717) is 6.07 Å². The third-order valence-corrected chi connectivity index (χ3v) is 3.51. The van der Waals surface area contributed by atoms with E-state index in [1.165, 1.54) is 0 Å². The molecule has 21 heavy (non-hydrogen) atoms. The molecule has 0 fully saturated rings. The molecule has 1 rings (SSSR count). The van der Waals surface area contributed by atoms with Gasteiger partial charge in [0.2, 0.25) is 5.91 Å². The van der Waals surface area contributed by atoms with Gasteiger partial charge in [0.15, 0.2) is 10.8 Å². The third kappa shape index (κ3) is 4.25. The first-order valence-corrected chi connectivity index (χ1v) is 6.77. The number of nitrogens with one attached hydrogen (secondary N) is 1. The Hall–Kier alpha value is -1.97. The van der Waals surface area contributed by atoms with Crippen LogP contribution in [0.15, 0.2) is 23.1 Å². The van der Waals surface area contributed by atoms with Gasteiger partial charge in [0.25, 0.3) is 5.69 Å². The van der Waals surface area contributed by atoms with Crippen molar-refractivity contribution in [3.8, 4) is 0 Å². The van der Waals surface area contributed by atoms with Crippen LogP contribution in [0.25, 0.3) is 0 Å². The zero-order valence-corrected chi connectivity index (χ0v) is 11.7. The average molecular weight is 324 g/mol. The quantitative estimate of drug-likeness (QED) is 0.681. The molecule has 0 aliphatic carbocycles. The van der Waals surface area contributed by atoms with E-state index in [9.17, 15) is 32.3 Å². The smallest absolute Gasteiger partial charge is 0.326 e. The van der Waals surface area contributed by atoms with E-state index < -0.39 is 43.6 Å². The Labute approximate surface area is 119 Å². The number of carbonyl (C=O) groups excluding carboxylic acids is 1. The van der Waals surface area contributed by atoms with Gasteiger partial charge in [0.1, 0.15) is 4.90 Å². The zero-order valence-electron chi connectivity index (χ0n) is 10.9. The second kappa shape index (κ2) is 6.20. The highest BCUT2D eigenvalue weighted by Crippen LogP contribution is 2.33. The number of hydrogen-bond donors (Lipinski definition) is 1. The van der Waals surface area contributed by atoms with Gasteiger partial charge >= 0.3 is 5.51 Å². The van der Waals surface area contributed by atoms with Crippen LogP contribution in [-0.4, -0.2) is 20.5 Å². The highest BCUT2D eigenvalue weighted by Gasteiger charge is 2.41. The van der Waals surface area contributed by atoms with Gasteiger partial charge in [-0.2, -0.15) is 13.2 Å². The predicted molar refractivity (Wildman–Crippen MR) is 69.0 cm³/mol. The fourth-order valence-corrected chi connectivity index (χ4v) is 2.12. The molecule has 0 bridgehead atoms. The molecule has 1 aromatic rings. The van der Waals surface area contributed by atoms with Crippen LogP contribution in [-0.2, 0) is 15.6 Å². The number of benzene rings is 1. The molecule has 1 amide bonds. The van der Waals surface area contributed by atoms with Gasteiger partial charge in [0, 0.05) is 17.7 Å². The second-order valence-corrected chi connectivity index (χ2v) is 5.74. The minimum atomic E-state index is -5.13. The monoisotopic (exact) mass is 324 g/mol. The van der Waals surface area contributed by atoms with Crippen molar-refractivity contribution in [3.63, 3.8) is 0 Å². The number of hydrogen-bond acceptors (Lipinski definition) is 4. The molecule has 1 atom stereocenters. The minimum Gasteiger partial charge on any atom is -0.326 e. The molecular weight excluding hydrogens is 313 g/mol. The largest absolute Gasteiger partial charge is 0.476 e. The van der Waals surface area contributed by atoms with E-state index in [0.717, 1.165) is 12.1 Å². The molecular formula is C11H11F3N2O4S. The van der Waals surface area contributed by atoms with Crippen LogP contribution < -0.4 is 5.32 Å². The molecule has 0 saturated carbocycles. The van der Waals surface area contributed by atoms with Crippen LogP contribution in [0.1, 0.15) is 13.8 Å². The lowest BCUT2D eigenvalue weighted by atomic mass is 10.2. The summed E-state index contributed by atoms with van der Waals surface area (Å²) in [7, 11) is -3.56. The SMILES string of the molecule is CC(C)C(=O)Nc1ccc([N+](=O)[O-])c(S(=O)C(F)(F)F)c1. The maximum absolute atomic E-state index is 12.5. The number of nitro benzene ring substituents is 1. The molecule has 0 aromatic heterocycles. The van der Waals surface area contributed by atoms with E-state index in [1.54, 1.807) is 13.8 Å². The van der Waals surface area contributed by atoms with Gasteiger partial charge in [-0.25, -0.2) is 4.21 Å². The summed E-state index contributed by atoms with van der Waals surface area (Å²) >= 11 is 0. The van der Waals surface area contributed by atoms with E-state index in [4.69, 9.17) is 0 Å². The topological polar surface area (TPSA) is 89.3 Å². The predicted octanol–water partition coefficient (Wildman–Crippen LogP) is 2.82. The van der Waals surface area contributed by atoms with E-state index in [1.807, 2.05) is 0 Å². The van der Waals surface area contributed by atoms with Gasteiger partial charge in [-0.05, 0) is 12.1 Å². The highest BCUT2D eigenvalue weighted by molar-refractivity contribution is 7.86. The van der Waals surface area contributed by atoms with Crippen LogP contribution in [0.3, 0.4) is 0 Å². The average Bonchev–Trinajstić information content (AvgIpc) is 2.36. The number of nitrogens with zero attached hydrogens (tertiary/aromatic N) is 1. The number of carbonyl (C=O) groups is 1. The Morgan fingerprint density at radius 3 is 2.38 bits per heavy atom. The summed E-state index contributed by atoms with van der Waals surface area (Å²) in [5.41, 5.74) is -6.15. The number of rotatable bonds is 4. The number of anilines is 1. The van der Waals surface area contributed by atoms with Crippen molar-refractivity contribution in [2.24, 2.45) is 5.92 Å². The number of nitro groups is 1. The van der Waals surface area contributed by atoms with Crippen molar-refractivity contribution in [2.45, 2.75) is 24.3 Å². The first kappa shape index (κ1) is 17.1. The molecule has 0 aliphatic heterocycles. The lowest BCUT2D eigenvalue weighted by Gasteiger charge is -2.11. The zero-order chi connectivity index (χ0) is 16.4. The van der Waals surface area contributed by atoms with E-state index >= 15 is 0 Å². The minimum absolute atomic E-state index is 0.0908. The molecule has 0 radical (unpaired) electrons. The highest BCUT2D eigenvalue weighted by atomic mass is 32.2. The third-order valence-electron chi connectivity index (χ3n) is 2.36. The molecule has 0 heterocycles. The Bertz CT molecular complexity index is 602. The first-order valence-electron chi connectivity index (χ1n) is 5.62. The van der Waals surface area contributed by atoms with Crippen molar-refractivity contribution in [2.75, 3.05) is 5.32 Å². The summed E-state index contributed by atoms with van der Waals surface area (Å²) in [4.78, 5) is 20.1. The fourth-order valence-electron chi connectivity index (χ4n) is 1.30. The Morgan fingerprint density at radius 2 is 1.95 bits per heavy atom. The molecule has 0 aliphatic rings. The van der Waals surface area contributed by atoms with Gasteiger partial charge in [-0.15, -0.1) is 0 Å². The summed E-state index contributed by atoms with van der Waals surface area (Å²) < 4.78 is 48.8. The Morgan fingerprint density at radius 1 is 1.38 bits per heavy atom. The Kier molecular flexibility index (Phi) is 5.05. The van der Waals surface area contributed by atoms with Crippen LogP contribution >= 0.6 is 0 Å². The number of halogens is 3. The van der Waals surface area contributed by atoms with Crippen molar-refractivity contribution in [1.29, 1.82) is 0 Å². The summed E-state index contributed by atoms with van der Waals surface area (Å²) in [6, 6.07) is 2.55. The molecule has 0 saturated heterocycles. The maximum atomic E-state index is 12.5. The normalized spacial score (nSPS) is 13.0. The molecule has 10 heteroatoms. The fraction of sp³-hybridized carbons (Fsp3) is 0.364. The number of amides is 1. The van der Waals surface area contributed by atoms with Gasteiger partial charge in [0.05, 0.1) is 4.92 Å². The first-order chi connectivity index (χ1) is 9.54. The summed E-state index contributed by atoms with van der Waals surface area (Å²) in [6.07, 6.45) is 0. The molecule has 1 aromatic carbocycles. The van der Waals surface area contributed by atoms with Gasteiger partial charge in [-0.3, -0.25) is 14.9 Å². The lowest BCUT2D eigenvalue weighted by molar-refractivity contribution is -0.387. The Balaban J connectivity index is 3.28. The van der Waals surface area contributed by atoms with Crippen LogP contribution in [0.5, 0.6) is 0 Å². The number of alkyl halides is 3. The molecule has 1 unspecified atom stereocenters. The summed E-state index contributed by atoms with van der Waals surface area (Å²) in [5.74, 6) is -0.913. The summed E-state index contributed by atoms with van der Waals surface area (Å²) in [5, 5.41) is 13.0. The lowest BCUT2D eigenvalue weighted by Crippen LogP contribution is -2.20. The summed E-state index contributed by atoms with van der Waals surface area (Å²) in [6.45, 7) is 3.13. The van der Waals surface area contributed by atoms with Crippen molar-refractivity contribution < 1.29 is 27.1 Å². The van der Waals surface area contributed by atoms with E-state index in [2.05, 4.69) is 5.32 Å². The molecule has 0 spiro atoms. The van der Waals surface area contributed by atoms with Crippen molar-refractivity contribution in [1.82, 2.24) is 0 Å². The van der Waals surface area contributed by atoms with Crippen LogP contribution in [0.2, 0.25) is 0 Å². The van der Waals surface area contributed by atoms with Crippen molar-refractivity contribution in [3.05, 3.63) is 28.3 Å². The molecule has 1 N–H and O–H groups in total. The van der Waals surface area contributed by atoms with Gasteiger partial charge in [-0.1, -0.05) is 13.8 Å². The molecule has 6 nitrogen and oxygen atoms in total. The van der Waals surface area contributed by atoms with E-state index in [-0.39, 0.29) is 5.69 Å². The standard InChI is InChI=1S/C11H11F3N2O4S/c1-6(2)10(17)15-7-3-4-8(16(18)19)9(5-7)21(20)11(12,13)14/h3-6H,1-2H3,(H,15,17). The maximum Gasteiger partial charge on any atom is 0.476 e. The van der Waals surface area contributed by atoms with Crippen molar-refractivity contribution >= 4 is 28.1 Å². The van der Waals surface area contributed by atoms with Crippen LogP contribution in [0, 0.1) is 16.0 Å². The van der Waals surface area contributed by atoms with Gasteiger partial charge < -0.3 is 5.32 Å². The second-order valence-electron chi connectivity index (χ2n) is 4.30. The molecule has 116 valence electrons.